The van der Waals surface area contributed by atoms with Crippen LogP contribution in [-0.4, -0.2) is 23.3 Å². The summed E-state index contributed by atoms with van der Waals surface area (Å²) >= 11 is 0. The molecule has 0 radical (unpaired) electrons. The SMILES string of the molecule is Fc1ccc(C2NCCNC2c2ccc3[nH]ncc3c2)cc1. The monoisotopic (exact) mass is 296 g/mol. The van der Waals surface area contributed by atoms with Gasteiger partial charge in [0.2, 0.25) is 0 Å². The average molecular weight is 296 g/mol. The Labute approximate surface area is 127 Å². The van der Waals surface area contributed by atoms with Gasteiger partial charge in [-0.2, -0.15) is 5.10 Å². The van der Waals surface area contributed by atoms with Gasteiger partial charge in [0.25, 0.3) is 0 Å². The van der Waals surface area contributed by atoms with Crippen LogP contribution in [0.2, 0.25) is 0 Å². The fraction of sp³-hybridized carbons (Fsp3) is 0.235. The third kappa shape index (κ3) is 2.38. The van der Waals surface area contributed by atoms with Gasteiger partial charge in [0.05, 0.1) is 23.8 Å². The molecular formula is C17H17FN4. The van der Waals surface area contributed by atoms with Crippen molar-refractivity contribution >= 4 is 10.9 Å². The smallest absolute Gasteiger partial charge is 0.123 e. The second-order valence-electron chi connectivity index (χ2n) is 5.63. The highest BCUT2D eigenvalue weighted by Crippen LogP contribution is 2.31. The van der Waals surface area contributed by atoms with Crippen LogP contribution in [0.4, 0.5) is 4.39 Å². The number of hydrogen-bond acceptors (Lipinski definition) is 3. The topological polar surface area (TPSA) is 52.7 Å². The molecule has 0 bridgehead atoms. The van der Waals surface area contributed by atoms with Crippen LogP contribution in [0.15, 0.2) is 48.7 Å². The first-order chi connectivity index (χ1) is 10.8. The van der Waals surface area contributed by atoms with E-state index in [4.69, 9.17) is 0 Å². The Morgan fingerprint density at radius 3 is 2.36 bits per heavy atom. The molecule has 4 nitrogen and oxygen atoms in total. The van der Waals surface area contributed by atoms with E-state index in [1.165, 1.54) is 17.7 Å². The van der Waals surface area contributed by atoms with Gasteiger partial charge in [-0.05, 0) is 35.4 Å². The number of halogens is 1. The maximum atomic E-state index is 13.2. The lowest BCUT2D eigenvalue weighted by atomic mass is 9.91. The Morgan fingerprint density at radius 2 is 1.59 bits per heavy atom. The zero-order chi connectivity index (χ0) is 14.9. The molecule has 2 unspecified atom stereocenters. The lowest BCUT2D eigenvalue weighted by Crippen LogP contribution is -2.45. The number of nitrogens with one attached hydrogen (secondary N) is 3. The number of rotatable bonds is 2. The van der Waals surface area contributed by atoms with Crippen LogP contribution in [0.1, 0.15) is 23.2 Å². The van der Waals surface area contributed by atoms with Crippen molar-refractivity contribution in [2.75, 3.05) is 13.1 Å². The summed E-state index contributed by atoms with van der Waals surface area (Å²) in [4.78, 5) is 0. The van der Waals surface area contributed by atoms with Gasteiger partial charge in [0.1, 0.15) is 5.82 Å². The van der Waals surface area contributed by atoms with Crippen molar-refractivity contribution in [3.8, 4) is 0 Å². The minimum absolute atomic E-state index is 0.124. The molecule has 22 heavy (non-hydrogen) atoms. The predicted molar refractivity (Wildman–Crippen MR) is 84.0 cm³/mol. The fourth-order valence-corrected chi connectivity index (χ4v) is 3.14. The minimum Gasteiger partial charge on any atom is -0.307 e. The first-order valence-corrected chi connectivity index (χ1v) is 7.46. The van der Waals surface area contributed by atoms with E-state index in [1.807, 2.05) is 18.3 Å². The molecule has 1 fully saturated rings. The molecule has 1 aliphatic rings. The van der Waals surface area contributed by atoms with Crippen LogP contribution in [0, 0.1) is 5.82 Å². The Balaban J connectivity index is 1.71. The number of piperazine rings is 1. The van der Waals surface area contributed by atoms with Crippen molar-refractivity contribution in [3.63, 3.8) is 0 Å². The second kappa shape index (κ2) is 5.51. The molecule has 1 aromatic heterocycles. The highest BCUT2D eigenvalue weighted by molar-refractivity contribution is 5.78. The van der Waals surface area contributed by atoms with Gasteiger partial charge in [-0.25, -0.2) is 4.39 Å². The quantitative estimate of drug-likeness (QED) is 0.681. The summed E-state index contributed by atoms with van der Waals surface area (Å²) in [5.74, 6) is -0.205. The largest absolute Gasteiger partial charge is 0.307 e. The summed E-state index contributed by atoms with van der Waals surface area (Å²) in [6.45, 7) is 1.80. The van der Waals surface area contributed by atoms with Gasteiger partial charge in [-0.3, -0.25) is 5.10 Å². The van der Waals surface area contributed by atoms with Crippen LogP contribution in [0.25, 0.3) is 10.9 Å². The van der Waals surface area contributed by atoms with Gasteiger partial charge in [-0.15, -0.1) is 0 Å². The van der Waals surface area contributed by atoms with Gasteiger partial charge in [0.15, 0.2) is 0 Å². The first-order valence-electron chi connectivity index (χ1n) is 7.46. The van der Waals surface area contributed by atoms with Gasteiger partial charge in [0, 0.05) is 18.5 Å². The summed E-state index contributed by atoms with van der Waals surface area (Å²) in [5.41, 5.74) is 3.33. The van der Waals surface area contributed by atoms with Crippen molar-refractivity contribution in [2.24, 2.45) is 0 Å². The lowest BCUT2D eigenvalue weighted by Gasteiger charge is -2.34. The van der Waals surface area contributed by atoms with E-state index >= 15 is 0 Å². The average Bonchev–Trinajstić information content (AvgIpc) is 3.03. The van der Waals surface area contributed by atoms with Crippen LogP contribution in [-0.2, 0) is 0 Å². The molecule has 0 saturated carbocycles. The van der Waals surface area contributed by atoms with E-state index in [2.05, 4.69) is 39.0 Å². The molecule has 0 spiro atoms. The molecule has 2 heterocycles. The van der Waals surface area contributed by atoms with Crippen molar-refractivity contribution in [1.29, 1.82) is 0 Å². The number of nitrogens with zero attached hydrogens (tertiary/aromatic N) is 1. The lowest BCUT2D eigenvalue weighted by molar-refractivity contribution is 0.333. The maximum Gasteiger partial charge on any atom is 0.123 e. The van der Waals surface area contributed by atoms with E-state index in [0.29, 0.717) is 0 Å². The molecule has 2 aromatic carbocycles. The van der Waals surface area contributed by atoms with Crippen LogP contribution in [0.5, 0.6) is 0 Å². The summed E-state index contributed by atoms with van der Waals surface area (Å²) < 4.78 is 13.2. The third-order valence-electron chi connectivity index (χ3n) is 4.24. The molecule has 1 aliphatic heterocycles. The number of aromatic amines is 1. The van der Waals surface area contributed by atoms with E-state index in [1.54, 1.807) is 0 Å². The van der Waals surface area contributed by atoms with Crippen molar-refractivity contribution in [2.45, 2.75) is 12.1 Å². The summed E-state index contributed by atoms with van der Waals surface area (Å²) in [5, 5.41) is 15.2. The van der Waals surface area contributed by atoms with Gasteiger partial charge >= 0.3 is 0 Å². The highest BCUT2D eigenvalue weighted by atomic mass is 19.1. The number of aromatic nitrogens is 2. The van der Waals surface area contributed by atoms with Crippen LogP contribution >= 0.6 is 0 Å². The molecule has 3 aromatic rings. The van der Waals surface area contributed by atoms with Crippen molar-refractivity contribution in [1.82, 2.24) is 20.8 Å². The molecule has 112 valence electrons. The molecule has 3 N–H and O–H groups in total. The van der Waals surface area contributed by atoms with Crippen molar-refractivity contribution in [3.05, 3.63) is 65.6 Å². The Bertz CT molecular complexity index is 781. The molecule has 5 heteroatoms. The molecular weight excluding hydrogens is 279 g/mol. The second-order valence-corrected chi connectivity index (χ2v) is 5.63. The predicted octanol–water partition coefficient (Wildman–Crippen LogP) is 2.68. The minimum atomic E-state index is -0.205. The normalized spacial score (nSPS) is 22.0. The first kappa shape index (κ1) is 13.4. The molecule has 4 rings (SSSR count). The highest BCUT2D eigenvalue weighted by Gasteiger charge is 2.27. The summed E-state index contributed by atoms with van der Waals surface area (Å²) in [6, 6.07) is 13.3. The summed E-state index contributed by atoms with van der Waals surface area (Å²) in [7, 11) is 0. The molecule has 0 amide bonds. The maximum absolute atomic E-state index is 13.2. The van der Waals surface area contributed by atoms with Crippen molar-refractivity contribution < 1.29 is 4.39 Å². The Kier molecular flexibility index (Phi) is 3.36. The van der Waals surface area contributed by atoms with E-state index in [-0.39, 0.29) is 17.9 Å². The molecule has 0 aliphatic carbocycles. The standard InChI is InChI=1S/C17H17FN4/c18-14-4-1-11(2-5-14)16-17(20-8-7-19-16)12-3-6-15-13(9-12)10-21-22-15/h1-6,9-10,16-17,19-20H,7-8H2,(H,21,22). The zero-order valence-corrected chi connectivity index (χ0v) is 12.0. The van der Waals surface area contributed by atoms with Gasteiger partial charge < -0.3 is 10.6 Å². The van der Waals surface area contributed by atoms with Crippen LogP contribution in [0.3, 0.4) is 0 Å². The third-order valence-corrected chi connectivity index (χ3v) is 4.24. The number of benzene rings is 2. The van der Waals surface area contributed by atoms with Gasteiger partial charge in [-0.1, -0.05) is 18.2 Å². The number of fused-ring (bicyclic) bond motifs is 1. The Morgan fingerprint density at radius 1 is 0.909 bits per heavy atom. The zero-order valence-electron chi connectivity index (χ0n) is 12.0. The Hall–Kier alpha value is -2.24. The molecule has 1 saturated heterocycles. The van der Waals surface area contributed by atoms with E-state index < -0.39 is 0 Å². The van der Waals surface area contributed by atoms with E-state index in [0.717, 1.165) is 29.6 Å². The van der Waals surface area contributed by atoms with Crippen LogP contribution < -0.4 is 10.6 Å². The number of hydrogen-bond donors (Lipinski definition) is 3. The molecule has 2 atom stereocenters. The number of H-pyrrole nitrogens is 1. The van der Waals surface area contributed by atoms with E-state index in [9.17, 15) is 4.39 Å². The summed E-state index contributed by atoms with van der Waals surface area (Å²) in [6.07, 6.45) is 1.84. The fourth-order valence-electron chi connectivity index (χ4n) is 3.14.